The second-order valence-electron chi connectivity index (χ2n) is 6.35. The van der Waals surface area contributed by atoms with E-state index in [1.54, 1.807) is 30.5 Å². The lowest BCUT2D eigenvalue weighted by molar-refractivity contribution is -0.120. The highest BCUT2D eigenvalue weighted by atomic mass is 16.5. The number of para-hydroxylation sites is 1. The van der Waals surface area contributed by atoms with Crippen LogP contribution in [0.5, 0.6) is 11.5 Å². The average molecular weight is 360 g/mol. The van der Waals surface area contributed by atoms with Crippen LogP contribution in [0.3, 0.4) is 0 Å². The lowest BCUT2D eigenvalue weighted by atomic mass is 10.1. The number of nitrogens with zero attached hydrogens (tertiary/aromatic N) is 2. The highest BCUT2D eigenvalue weighted by Gasteiger charge is 2.24. The van der Waals surface area contributed by atoms with Gasteiger partial charge in [-0.3, -0.25) is 9.78 Å². The number of pyridine rings is 1. The van der Waals surface area contributed by atoms with Crippen LogP contribution in [0.25, 0.3) is 11.1 Å². The molecule has 2 aromatic carbocycles. The van der Waals surface area contributed by atoms with E-state index in [9.17, 15) is 4.79 Å². The Morgan fingerprint density at radius 3 is 2.63 bits per heavy atom. The predicted molar refractivity (Wildman–Crippen MR) is 104 cm³/mol. The van der Waals surface area contributed by atoms with E-state index >= 15 is 0 Å². The zero-order valence-corrected chi connectivity index (χ0v) is 15.1. The van der Waals surface area contributed by atoms with Crippen molar-refractivity contribution >= 4 is 11.6 Å². The summed E-state index contributed by atoms with van der Waals surface area (Å²) in [5.41, 5.74) is 4.14. The van der Waals surface area contributed by atoms with Gasteiger partial charge in [0, 0.05) is 30.7 Å². The Balaban J connectivity index is 1.51. The first-order valence-corrected chi connectivity index (χ1v) is 8.85. The Morgan fingerprint density at radius 1 is 1.04 bits per heavy atom. The van der Waals surface area contributed by atoms with Crippen LogP contribution in [0.4, 0.5) is 5.69 Å². The molecule has 4 rings (SSSR count). The lowest BCUT2D eigenvalue weighted by Gasteiger charge is -2.18. The van der Waals surface area contributed by atoms with E-state index in [1.807, 2.05) is 42.5 Å². The van der Waals surface area contributed by atoms with Gasteiger partial charge in [0.25, 0.3) is 5.91 Å². The number of hydrogen-bond acceptors (Lipinski definition) is 4. The summed E-state index contributed by atoms with van der Waals surface area (Å²) in [6.07, 6.45) is 4.36. The smallest absolute Gasteiger partial charge is 0.264 e. The quantitative estimate of drug-likeness (QED) is 0.696. The average Bonchev–Trinajstić information content (AvgIpc) is 3.16. The van der Waals surface area contributed by atoms with Crippen LogP contribution in [-0.4, -0.2) is 31.2 Å². The Kier molecular flexibility index (Phi) is 4.75. The fourth-order valence-electron chi connectivity index (χ4n) is 3.30. The molecule has 136 valence electrons. The standard InChI is InChI=1S/C22H20N2O3/c1-26-19-12-18(16-6-9-23-10-7-16)13-20(14-19)27-15-22(25)24-11-8-17-4-2-3-5-21(17)24/h2-7,9-10,12-14H,8,11,15H2,1H3. The van der Waals surface area contributed by atoms with Crippen molar-refractivity contribution in [1.29, 1.82) is 0 Å². The molecule has 5 heteroatoms. The molecule has 0 saturated carbocycles. The van der Waals surface area contributed by atoms with E-state index in [0.29, 0.717) is 18.0 Å². The summed E-state index contributed by atoms with van der Waals surface area (Å²) in [6.45, 7) is 0.680. The number of rotatable bonds is 5. The third-order valence-electron chi connectivity index (χ3n) is 4.68. The summed E-state index contributed by atoms with van der Waals surface area (Å²) in [6, 6.07) is 17.5. The molecule has 1 aliphatic rings. The van der Waals surface area contributed by atoms with Gasteiger partial charge in [0.05, 0.1) is 7.11 Å². The Labute approximate surface area is 158 Å². The van der Waals surface area contributed by atoms with E-state index in [-0.39, 0.29) is 12.5 Å². The van der Waals surface area contributed by atoms with Crippen LogP contribution < -0.4 is 14.4 Å². The molecule has 1 aliphatic heterocycles. The summed E-state index contributed by atoms with van der Waals surface area (Å²) in [5.74, 6) is 1.23. The van der Waals surface area contributed by atoms with Crippen LogP contribution in [0.1, 0.15) is 5.56 Å². The van der Waals surface area contributed by atoms with Gasteiger partial charge in [-0.15, -0.1) is 0 Å². The maximum Gasteiger partial charge on any atom is 0.264 e. The highest BCUT2D eigenvalue weighted by molar-refractivity contribution is 5.96. The normalized spacial score (nSPS) is 12.6. The molecule has 0 unspecified atom stereocenters. The Morgan fingerprint density at radius 2 is 1.81 bits per heavy atom. The second kappa shape index (κ2) is 7.50. The van der Waals surface area contributed by atoms with Gasteiger partial charge in [-0.2, -0.15) is 0 Å². The number of ether oxygens (including phenoxy) is 2. The molecule has 2 heterocycles. The van der Waals surface area contributed by atoms with E-state index in [1.165, 1.54) is 5.56 Å². The molecule has 27 heavy (non-hydrogen) atoms. The van der Waals surface area contributed by atoms with Gasteiger partial charge in [0.2, 0.25) is 0 Å². The third-order valence-corrected chi connectivity index (χ3v) is 4.68. The Bertz CT molecular complexity index is 957. The molecule has 0 saturated heterocycles. The molecule has 1 aromatic heterocycles. The van der Waals surface area contributed by atoms with Crippen molar-refractivity contribution in [2.75, 3.05) is 25.2 Å². The van der Waals surface area contributed by atoms with Crippen molar-refractivity contribution in [3.05, 3.63) is 72.6 Å². The van der Waals surface area contributed by atoms with E-state index < -0.39 is 0 Å². The van der Waals surface area contributed by atoms with Gasteiger partial charge in [-0.05, 0) is 53.4 Å². The zero-order chi connectivity index (χ0) is 18.6. The summed E-state index contributed by atoms with van der Waals surface area (Å²) in [7, 11) is 1.61. The molecular weight excluding hydrogens is 340 g/mol. The van der Waals surface area contributed by atoms with Gasteiger partial charge in [-0.25, -0.2) is 0 Å². The minimum absolute atomic E-state index is 0.0166. The van der Waals surface area contributed by atoms with Crippen LogP contribution in [0.2, 0.25) is 0 Å². The molecule has 3 aromatic rings. The molecule has 0 spiro atoms. The maximum absolute atomic E-state index is 12.7. The summed E-state index contributed by atoms with van der Waals surface area (Å²) in [5, 5.41) is 0. The molecule has 5 nitrogen and oxygen atoms in total. The first-order valence-electron chi connectivity index (χ1n) is 8.85. The van der Waals surface area contributed by atoms with Crippen molar-refractivity contribution < 1.29 is 14.3 Å². The number of benzene rings is 2. The monoisotopic (exact) mass is 360 g/mol. The predicted octanol–water partition coefficient (Wildman–Crippen LogP) is 3.73. The number of carbonyl (C=O) groups excluding carboxylic acids is 1. The van der Waals surface area contributed by atoms with Crippen molar-refractivity contribution in [2.24, 2.45) is 0 Å². The fourth-order valence-corrected chi connectivity index (χ4v) is 3.30. The zero-order valence-electron chi connectivity index (χ0n) is 15.1. The number of hydrogen-bond donors (Lipinski definition) is 0. The van der Waals surface area contributed by atoms with Gasteiger partial charge >= 0.3 is 0 Å². The number of carbonyl (C=O) groups is 1. The number of aromatic nitrogens is 1. The van der Waals surface area contributed by atoms with Crippen molar-refractivity contribution in [3.8, 4) is 22.6 Å². The summed E-state index contributed by atoms with van der Waals surface area (Å²) < 4.78 is 11.2. The van der Waals surface area contributed by atoms with Gasteiger partial charge < -0.3 is 14.4 Å². The van der Waals surface area contributed by atoms with E-state index in [0.717, 1.165) is 23.2 Å². The summed E-state index contributed by atoms with van der Waals surface area (Å²) >= 11 is 0. The topological polar surface area (TPSA) is 51.7 Å². The van der Waals surface area contributed by atoms with E-state index in [2.05, 4.69) is 11.1 Å². The van der Waals surface area contributed by atoms with Gasteiger partial charge in [-0.1, -0.05) is 18.2 Å². The highest BCUT2D eigenvalue weighted by Crippen LogP contribution is 2.30. The van der Waals surface area contributed by atoms with Gasteiger partial charge in [0.15, 0.2) is 6.61 Å². The molecule has 0 radical (unpaired) electrons. The van der Waals surface area contributed by atoms with Crippen molar-refractivity contribution in [1.82, 2.24) is 4.98 Å². The second-order valence-corrected chi connectivity index (χ2v) is 6.35. The van der Waals surface area contributed by atoms with Crippen molar-refractivity contribution in [2.45, 2.75) is 6.42 Å². The summed E-state index contributed by atoms with van der Waals surface area (Å²) in [4.78, 5) is 18.5. The lowest BCUT2D eigenvalue weighted by Crippen LogP contribution is -2.33. The molecule has 1 amide bonds. The van der Waals surface area contributed by atoms with Crippen LogP contribution in [0, 0.1) is 0 Å². The number of amides is 1. The largest absolute Gasteiger partial charge is 0.497 e. The minimum atomic E-state index is -0.0479. The number of methoxy groups -OCH3 is 1. The van der Waals surface area contributed by atoms with Crippen LogP contribution >= 0.6 is 0 Å². The number of anilines is 1. The molecule has 0 atom stereocenters. The third kappa shape index (κ3) is 3.62. The maximum atomic E-state index is 12.7. The minimum Gasteiger partial charge on any atom is -0.497 e. The fraction of sp³-hybridized carbons (Fsp3) is 0.182. The first-order chi connectivity index (χ1) is 13.2. The molecule has 0 fully saturated rings. The molecule has 0 aliphatic carbocycles. The molecule has 0 bridgehead atoms. The first kappa shape index (κ1) is 17.1. The molecular formula is C22H20N2O3. The van der Waals surface area contributed by atoms with Crippen LogP contribution in [-0.2, 0) is 11.2 Å². The van der Waals surface area contributed by atoms with Gasteiger partial charge in [0.1, 0.15) is 11.5 Å². The van der Waals surface area contributed by atoms with Crippen LogP contribution in [0.15, 0.2) is 67.0 Å². The number of fused-ring (bicyclic) bond motifs is 1. The Hall–Kier alpha value is -3.34. The van der Waals surface area contributed by atoms with Crippen molar-refractivity contribution in [3.63, 3.8) is 0 Å². The SMILES string of the molecule is COc1cc(OCC(=O)N2CCc3ccccc32)cc(-c2ccncc2)c1. The van der Waals surface area contributed by atoms with E-state index in [4.69, 9.17) is 9.47 Å². The molecule has 0 N–H and O–H groups in total.